The number of carbonyl (C=O) groups is 2. The number of aryl methyl sites for hydroxylation is 1. The molecule has 1 atom stereocenters. The summed E-state index contributed by atoms with van der Waals surface area (Å²) in [5.41, 5.74) is 3.04. The maximum atomic E-state index is 13.8. The van der Waals surface area contributed by atoms with E-state index >= 15 is 0 Å². The van der Waals surface area contributed by atoms with E-state index in [1.54, 1.807) is 37.3 Å². The van der Waals surface area contributed by atoms with Gasteiger partial charge < -0.3 is 24.4 Å². The fourth-order valence-corrected chi connectivity index (χ4v) is 5.02. The molecule has 1 aliphatic carbocycles. The van der Waals surface area contributed by atoms with Gasteiger partial charge in [-0.2, -0.15) is 0 Å². The second kappa shape index (κ2) is 13.7. The molecule has 3 aromatic carbocycles. The number of nitrogens with one attached hydrogen (secondary N) is 1. The minimum atomic E-state index is -0.690. The summed E-state index contributed by atoms with van der Waals surface area (Å²) in [6, 6.07) is 22.4. The van der Waals surface area contributed by atoms with Crippen LogP contribution < -0.4 is 19.5 Å². The first-order valence-corrected chi connectivity index (χ1v) is 13.5. The second-order valence-electron chi connectivity index (χ2n) is 10.0. The highest BCUT2D eigenvalue weighted by molar-refractivity contribution is 5.88. The number of nitrogens with zero attached hydrogens (tertiary/aromatic N) is 1. The molecule has 4 rings (SSSR count). The third kappa shape index (κ3) is 7.99. The number of rotatable bonds is 12. The third-order valence-electron chi connectivity index (χ3n) is 7.10. The predicted octanol–water partition coefficient (Wildman–Crippen LogP) is 5.09. The van der Waals surface area contributed by atoms with Gasteiger partial charge in [0, 0.05) is 37.2 Å². The van der Waals surface area contributed by atoms with Crippen LogP contribution in [0.25, 0.3) is 0 Å². The topological polar surface area (TPSA) is 77.1 Å². The van der Waals surface area contributed by atoms with Gasteiger partial charge >= 0.3 is 0 Å². The molecule has 0 aliphatic heterocycles. The van der Waals surface area contributed by atoms with Crippen molar-refractivity contribution in [2.24, 2.45) is 0 Å². The molecule has 0 heterocycles. The van der Waals surface area contributed by atoms with Crippen LogP contribution in [0.15, 0.2) is 72.8 Å². The van der Waals surface area contributed by atoms with E-state index in [-0.39, 0.29) is 24.5 Å². The number of amides is 2. The van der Waals surface area contributed by atoms with Crippen LogP contribution in [0.1, 0.15) is 42.4 Å². The van der Waals surface area contributed by atoms with Crippen molar-refractivity contribution in [2.75, 3.05) is 20.8 Å². The van der Waals surface area contributed by atoms with E-state index in [0.717, 1.165) is 42.4 Å². The van der Waals surface area contributed by atoms with Crippen LogP contribution in [-0.4, -0.2) is 49.6 Å². The smallest absolute Gasteiger partial charge is 0.261 e. The zero-order chi connectivity index (χ0) is 27.6. The second-order valence-corrected chi connectivity index (χ2v) is 10.0. The van der Waals surface area contributed by atoms with Gasteiger partial charge in [0.15, 0.2) is 6.61 Å². The molecule has 1 N–H and O–H groups in total. The van der Waals surface area contributed by atoms with Crippen LogP contribution in [-0.2, 0) is 22.6 Å². The summed E-state index contributed by atoms with van der Waals surface area (Å²) in [4.78, 5) is 29.3. The average Bonchev–Trinajstić information content (AvgIpc) is 3.47. The average molecular weight is 531 g/mol. The Morgan fingerprint density at radius 3 is 2.15 bits per heavy atom. The van der Waals surface area contributed by atoms with E-state index in [0.29, 0.717) is 30.2 Å². The molecule has 0 bridgehead atoms. The molecule has 1 fully saturated rings. The van der Waals surface area contributed by atoms with Gasteiger partial charge in [0.25, 0.3) is 5.91 Å². The molecule has 0 spiro atoms. The summed E-state index contributed by atoms with van der Waals surface area (Å²) in [5, 5.41) is 3.23. The molecule has 0 aromatic heterocycles. The van der Waals surface area contributed by atoms with Gasteiger partial charge in [0.1, 0.15) is 23.3 Å². The fraction of sp³-hybridized carbons (Fsp3) is 0.375. The first-order chi connectivity index (χ1) is 18.9. The van der Waals surface area contributed by atoms with Crippen LogP contribution >= 0.6 is 0 Å². The molecular formula is C32H38N2O5. The van der Waals surface area contributed by atoms with Gasteiger partial charge in [-0.25, -0.2) is 0 Å². The van der Waals surface area contributed by atoms with Crippen LogP contribution in [0.5, 0.6) is 17.2 Å². The Hall–Kier alpha value is -4.00. The molecule has 0 radical (unpaired) electrons. The van der Waals surface area contributed by atoms with E-state index in [9.17, 15) is 9.59 Å². The van der Waals surface area contributed by atoms with Gasteiger partial charge in [0.05, 0.1) is 14.2 Å². The van der Waals surface area contributed by atoms with Crippen LogP contribution in [0.3, 0.4) is 0 Å². The third-order valence-corrected chi connectivity index (χ3v) is 7.10. The number of benzene rings is 3. The summed E-state index contributed by atoms with van der Waals surface area (Å²) >= 11 is 0. The van der Waals surface area contributed by atoms with E-state index in [1.165, 1.54) is 0 Å². The molecule has 1 aliphatic rings. The first-order valence-electron chi connectivity index (χ1n) is 13.5. The van der Waals surface area contributed by atoms with E-state index < -0.39 is 6.04 Å². The highest BCUT2D eigenvalue weighted by Gasteiger charge is 2.32. The Morgan fingerprint density at radius 2 is 1.51 bits per heavy atom. The molecule has 3 aromatic rings. The van der Waals surface area contributed by atoms with Crippen molar-refractivity contribution in [1.82, 2.24) is 10.2 Å². The summed E-state index contributed by atoms with van der Waals surface area (Å²) in [6.45, 7) is 2.08. The molecule has 206 valence electrons. The van der Waals surface area contributed by atoms with Crippen LogP contribution in [0, 0.1) is 6.92 Å². The van der Waals surface area contributed by atoms with Crippen molar-refractivity contribution >= 4 is 11.8 Å². The lowest BCUT2D eigenvalue weighted by Gasteiger charge is -2.32. The molecule has 7 heteroatoms. The summed E-state index contributed by atoms with van der Waals surface area (Å²) in [5.74, 6) is 1.17. The molecular weight excluding hydrogens is 492 g/mol. The van der Waals surface area contributed by atoms with Crippen molar-refractivity contribution in [1.29, 1.82) is 0 Å². The minimum Gasteiger partial charge on any atom is -0.496 e. The lowest BCUT2D eigenvalue weighted by Crippen LogP contribution is -2.53. The van der Waals surface area contributed by atoms with E-state index in [4.69, 9.17) is 14.2 Å². The zero-order valence-electron chi connectivity index (χ0n) is 23.0. The van der Waals surface area contributed by atoms with Gasteiger partial charge in [0.2, 0.25) is 5.91 Å². The lowest BCUT2D eigenvalue weighted by molar-refractivity contribution is -0.143. The predicted molar refractivity (Wildman–Crippen MR) is 151 cm³/mol. The van der Waals surface area contributed by atoms with Gasteiger partial charge in [-0.05, 0) is 30.9 Å². The van der Waals surface area contributed by atoms with Crippen molar-refractivity contribution in [2.45, 2.75) is 57.7 Å². The fourth-order valence-electron chi connectivity index (χ4n) is 5.02. The van der Waals surface area contributed by atoms with Gasteiger partial charge in [-0.1, -0.05) is 73.0 Å². The Labute approximate surface area is 231 Å². The van der Waals surface area contributed by atoms with E-state index in [2.05, 4.69) is 5.32 Å². The number of carbonyl (C=O) groups excluding carboxylic acids is 2. The molecule has 1 saturated carbocycles. The maximum absolute atomic E-state index is 13.8. The van der Waals surface area contributed by atoms with Crippen molar-refractivity contribution in [3.63, 3.8) is 0 Å². The van der Waals surface area contributed by atoms with Crippen molar-refractivity contribution in [3.8, 4) is 17.2 Å². The number of hydrogen-bond acceptors (Lipinski definition) is 5. The first kappa shape index (κ1) is 28.0. The van der Waals surface area contributed by atoms with Crippen molar-refractivity contribution in [3.05, 3.63) is 89.5 Å². The number of hydrogen-bond donors (Lipinski definition) is 1. The quantitative estimate of drug-likeness (QED) is 0.353. The zero-order valence-corrected chi connectivity index (χ0v) is 23.0. The van der Waals surface area contributed by atoms with Crippen molar-refractivity contribution < 1.29 is 23.8 Å². The lowest BCUT2D eigenvalue weighted by atomic mass is 10.0. The maximum Gasteiger partial charge on any atom is 0.261 e. The van der Waals surface area contributed by atoms with Gasteiger partial charge in [-0.15, -0.1) is 0 Å². The Morgan fingerprint density at radius 1 is 0.872 bits per heavy atom. The molecule has 2 amide bonds. The molecule has 7 nitrogen and oxygen atoms in total. The monoisotopic (exact) mass is 530 g/mol. The molecule has 39 heavy (non-hydrogen) atoms. The Kier molecular flexibility index (Phi) is 9.84. The number of ether oxygens (including phenoxy) is 3. The standard InChI is InChI=1S/C32H38N2O5/c1-23-10-9-13-25(16-23)21-34(31(35)22-39-29-19-27(37-2)18-28(20-29)38-3)30(17-24-11-5-4-6-12-24)32(36)33-26-14-7-8-15-26/h4-6,9-13,16,18-20,26,30H,7-8,14-15,17,21-22H2,1-3H3,(H,33,36)/t30-/m0/s1. The summed E-state index contributed by atoms with van der Waals surface area (Å²) in [6.07, 6.45) is 4.56. The van der Waals surface area contributed by atoms with Gasteiger partial charge in [-0.3, -0.25) is 9.59 Å². The molecule has 0 unspecified atom stereocenters. The molecule has 0 saturated heterocycles. The van der Waals surface area contributed by atoms with Crippen LogP contribution in [0.2, 0.25) is 0 Å². The Balaban J connectivity index is 1.62. The summed E-state index contributed by atoms with van der Waals surface area (Å²) < 4.78 is 16.6. The SMILES string of the molecule is COc1cc(OC)cc(OCC(=O)N(Cc2cccc(C)c2)[C@@H](Cc2ccccc2)C(=O)NC2CCCC2)c1. The highest BCUT2D eigenvalue weighted by Crippen LogP contribution is 2.28. The number of methoxy groups -OCH3 is 2. The van der Waals surface area contributed by atoms with Crippen LogP contribution in [0.4, 0.5) is 0 Å². The minimum absolute atomic E-state index is 0.130. The normalized spacial score (nSPS) is 13.9. The highest BCUT2D eigenvalue weighted by atomic mass is 16.5. The van der Waals surface area contributed by atoms with E-state index in [1.807, 2.05) is 61.5 Å². The summed E-state index contributed by atoms with van der Waals surface area (Å²) in [7, 11) is 3.12. The Bertz CT molecular complexity index is 1220. The largest absolute Gasteiger partial charge is 0.496 e.